The molecule has 2 aliphatic heterocycles. The van der Waals surface area contributed by atoms with Crippen LogP contribution in [0.2, 0.25) is 0 Å². The molecule has 2 aliphatic rings. The number of amides is 2. The Morgan fingerprint density at radius 2 is 1.64 bits per heavy atom. The van der Waals surface area contributed by atoms with E-state index in [1.165, 1.54) is 11.0 Å². The molecule has 9 heteroatoms. The number of carbonyl (C=O) groups excluding carboxylic acids is 3. The van der Waals surface area contributed by atoms with E-state index in [0.717, 1.165) is 28.8 Å². The Kier molecular flexibility index (Phi) is 6.40. The number of likely N-dealkylation sites (tertiary alicyclic amines) is 1. The highest BCUT2D eigenvalue weighted by Gasteiger charge is 2.52. The van der Waals surface area contributed by atoms with Gasteiger partial charge in [-0.1, -0.05) is 18.2 Å². The highest BCUT2D eigenvalue weighted by atomic mass is 19.1. The third-order valence-electron chi connectivity index (χ3n) is 6.69. The number of ketones is 1. The van der Waals surface area contributed by atoms with E-state index in [1.54, 1.807) is 51.1 Å². The lowest BCUT2D eigenvalue weighted by atomic mass is 9.83. The van der Waals surface area contributed by atoms with Crippen molar-refractivity contribution in [2.45, 2.75) is 45.3 Å². The van der Waals surface area contributed by atoms with Crippen molar-refractivity contribution in [1.82, 2.24) is 4.90 Å². The summed E-state index contributed by atoms with van der Waals surface area (Å²) in [5.41, 5.74) is 1.28. The molecular weight excluding hydrogens is 506 g/mol. The van der Waals surface area contributed by atoms with Crippen molar-refractivity contribution < 1.29 is 32.6 Å². The number of halogens is 2. The average molecular weight is 535 g/mol. The summed E-state index contributed by atoms with van der Waals surface area (Å²) in [6.45, 7) is 7.79. The van der Waals surface area contributed by atoms with Crippen LogP contribution in [0.3, 0.4) is 0 Å². The predicted molar refractivity (Wildman–Crippen MR) is 141 cm³/mol. The first-order chi connectivity index (χ1) is 18.3. The number of benzene rings is 3. The normalized spacial score (nSPS) is 15.7. The van der Waals surface area contributed by atoms with Gasteiger partial charge in [0.1, 0.15) is 28.5 Å². The number of carbonyl (C=O) groups is 3. The molecule has 3 aromatic rings. The quantitative estimate of drug-likeness (QED) is 0.436. The molecule has 1 saturated heterocycles. The molecule has 0 aromatic heterocycles. The standard InChI is InChI=1S/C30H28F2N2O5/c1-17-12-21-24(35)14-30(15-34(16-30)28(37)39-29(2,3)4)38-25(21)13-20(17)18-8-10-19(11-9-18)33-27(36)26-22(31)6-5-7-23(26)32/h5-13H,14-16H2,1-4H3,(H,33,36). The Labute approximate surface area is 224 Å². The number of nitrogens with one attached hydrogen (secondary N) is 1. The number of hydrogen-bond donors (Lipinski definition) is 1. The summed E-state index contributed by atoms with van der Waals surface area (Å²) < 4.78 is 39.6. The second kappa shape index (κ2) is 9.48. The van der Waals surface area contributed by atoms with Gasteiger partial charge in [0.25, 0.3) is 5.91 Å². The van der Waals surface area contributed by atoms with Crippen LogP contribution in [0.5, 0.6) is 5.75 Å². The minimum atomic E-state index is -0.943. The van der Waals surface area contributed by atoms with Gasteiger partial charge in [0.15, 0.2) is 11.4 Å². The number of fused-ring (bicyclic) bond motifs is 1. The largest absolute Gasteiger partial charge is 0.482 e. The fourth-order valence-electron chi connectivity index (χ4n) is 4.88. The van der Waals surface area contributed by atoms with Gasteiger partial charge in [-0.3, -0.25) is 14.5 Å². The molecule has 0 aliphatic carbocycles. The van der Waals surface area contributed by atoms with E-state index in [9.17, 15) is 23.2 Å². The van der Waals surface area contributed by atoms with E-state index < -0.39 is 40.4 Å². The van der Waals surface area contributed by atoms with Crippen LogP contribution in [0.1, 0.15) is 53.5 Å². The molecule has 39 heavy (non-hydrogen) atoms. The van der Waals surface area contributed by atoms with Crippen molar-refractivity contribution in [3.05, 3.63) is 82.9 Å². The van der Waals surface area contributed by atoms with Gasteiger partial charge in [0.2, 0.25) is 0 Å². The summed E-state index contributed by atoms with van der Waals surface area (Å²) in [7, 11) is 0. The van der Waals surface area contributed by atoms with Crippen LogP contribution < -0.4 is 10.1 Å². The molecular formula is C30H28F2N2O5. The van der Waals surface area contributed by atoms with Crippen molar-refractivity contribution in [3.8, 4) is 16.9 Å². The Morgan fingerprint density at radius 3 is 2.26 bits per heavy atom. The summed E-state index contributed by atoms with van der Waals surface area (Å²) in [5, 5.41) is 2.51. The highest BCUT2D eigenvalue weighted by Crippen LogP contribution is 2.42. The first-order valence-electron chi connectivity index (χ1n) is 12.5. The molecule has 0 saturated carbocycles. The van der Waals surface area contributed by atoms with Gasteiger partial charge in [0.05, 0.1) is 25.1 Å². The SMILES string of the molecule is Cc1cc2c(cc1-c1ccc(NC(=O)c3c(F)cccc3F)cc1)OC1(CC2=O)CN(C(=O)OC(C)(C)C)C1. The second-order valence-corrected chi connectivity index (χ2v) is 11.0. The molecule has 0 radical (unpaired) electrons. The van der Waals surface area contributed by atoms with Gasteiger partial charge in [0, 0.05) is 5.69 Å². The minimum Gasteiger partial charge on any atom is -0.482 e. The monoisotopic (exact) mass is 534 g/mol. The third kappa shape index (κ3) is 5.21. The molecule has 3 aromatic carbocycles. The van der Waals surface area contributed by atoms with Gasteiger partial charge in [-0.05, 0) is 80.8 Å². The number of hydrogen-bond acceptors (Lipinski definition) is 5. The van der Waals surface area contributed by atoms with Crippen molar-refractivity contribution in [1.29, 1.82) is 0 Å². The molecule has 5 rings (SSSR count). The van der Waals surface area contributed by atoms with Crippen LogP contribution in [0, 0.1) is 18.6 Å². The van der Waals surface area contributed by atoms with E-state index in [4.69, 9.17) is 9.47 Å². The average Bonchev–Trinajstić information content (AvgIpc) is 2.82. The Bertz CT molecular complexity index is 1470. The molecule has 7 nitrogen and oxygen atoms in total. The van der Waals surface area contributed by atoms with Gasteiger partial charge >= 0.3 is 6.09 Å². The Hall–Kier alpha value is -4.27. The first kappa shape index (κ1) is 26.3. The molecule has 1 fully saturated rings. The van der Waals surface area contributed by atoms with E-state index in [-0.39, 0.29) is 25.3 Å². The maximum absolute atomic E-state index is 13.9. The Balaban J connectivity index is 1.33. The van der Waals surface area contributed by atoms with Crippen LogP contribution in [0.4, 0.5) is 19.3 Å². The molecule has 202 valence electrons. The van der Waals surface area contributed by atoms with E-state index in [0.29, 0.717) is 17.0 Å². The third-order valence-corrected chi connectivity index (χ3v) is 6.69. The zero-order valence-corrected chi connectivity index (χ0v) is 22.1. The molecule has 1 spiro atoms. The number of nitrogens with zero attached hydrogens (tertiary/aromatic N) is 1. The summed E-state index contributed by atoms with van der Waals surface area (Å²) in [6.07, 6.45) is -0.265. The molecule has 0 atom stereocenters. The summed E-state index contributed by atoms with van der Waals surface area (Å²) >= 11 is 0. The summed E-state index contributed by atoms with van der Waals surface area (Å²) in [4.78, 5) is 39.3. The van der Waals surface area contributed by atoms with Crippen molar-refractivity contribution in [2.24, 2.45) is 0 Å². The lowest BCUT2D eigenvalue weighted by Gasteiger charge is -2.50. The highest BCUT2D eigenvalue weighted by molar-refractivity contribution is 6.05. The van der Waals surface area contributed by atoms with Gasteiger partial charge in [-0.2, -0.15) is 0 Å². The molecule has 1 N–H and O–H groups in total. The number of anilines is 1. The minimum absolute atomic E-state index is 0.0480. The topological polar surface area (TPSA) is 84.9 Å². The Morgan fingerprint density at radius 1 is 1.00 bits per heavy atom. The molecule has 2 amide bonds. The molecule has 2 heterocycles. The second-order valence-electron chi connectivity index (χ2n) is 11.0. The van der Waals surface area contributed by atoms with Gasteiger partial charge < -0.3 is 14.8 Å². The summed E-state index contributed by atoms with van der Waals surface area (Å²) in [5.74, 6) is -2.37. The number of rotatable bonds is 3. The fourth-order valence-corrected chi connectivity index (χ4v) is 4.88. The van der Waals surface area contributed by atoms with Crippen LogP contribution in [-0.2, 0) is 4.74 Å². The van der Waals surface area contributed by atoms with Crippen molar-refractivity contribution in [3.63, 3.8) is 0 Å². The zero-order valence-electron chi connectivity index (χ0n) is 22.1. The molecule has 0 bridgehead atoms. The maximum Gasteiger partial charge on any atom is 0.410 e. The number of aryl methyl sites for hydroxylation is 1. The van der Waals surface area contributed by atoms with Crippen LogP contribution in [0.25, 0.3) is 11.1 Å². The van der Waals surface area contributed by atoms with Gasteiger partial charge in [-0.25, -0.2) is 13.6 Å². The van der Waals surface area contributed by atoms with Gasteiger partial charge in [-0.15, -0.1) is 0 Å². The van der Waals surface area contributed by atoms with Crippen molar-refractivity contribution in [2.75, 3.05) is 18.4 Å². The van der Waals surface area contributed by atoms with Crippen molar-refractivity contribution >= 4 is 23.5 Å². The fraction of sp³-hybridized carbons (Fsp3) is 0.300. The maximum atomic E-state index is 13.9. The van der Waals surface area contributed by atoms with Crippen LogP contribution in [0.15, 0.2) is 54.6 Å². The summed E-state index contributed by atoms with van der Waals surface area (Å²) in [6, 6.07) is 13.6. The number of ether oxygens (including phenoxy) is 2. The van der Waals surface area contributed by atoms with E-state index in [1.807, 2.05) is 13.0 Å². The number of Topliss-reactive ketones (excluding diaryl/α,β-unsaturated/α-hetero) is 1. The first-order valence-corrected chi connectivity index (χ1v) is 12.5. The predicted octanol–water partition coefficient (Wildman–Crippen LogP) is 6.15. The zero-order chi connectivity index (χ0) is 28.1. The smallest absolute Gasteiger partial charge is 0.410 e. The van der Waals surface area contributed by atoms with Crippen LogP contribution in [-0.4, -0.2) is 47.0 Å². The molecule has 0 unspecified atom stereocenters. The lowest BCUT2D eigenvalue weighted by Crippen LogP contribution is -2.68. The lowest BCUT2D eigenvalue weighted by molar-refractivity contribution is -0.0846. The van der Waals surface area contributed by atoms with E-state index >= 15 is 0 Å². The van der Waals surface area contributed by atoms with Crippen LogP contribution >= 0.6 is 0 Å². The van der Waals surface area contributed by atoms with E-state index in [2.05, 4.69) is 5.32 Å².